The van der Waals surface area contributed by atoms with Crippen molar-refractivity contribution in [3.63, 3.8) is 0 Å². The van der Waals surface area contributed by atoms with E-state index in [9.17, 15) is 15.0 Å². The van der Waals surface area contributed by atoms with Crippen LogP contribution in [0.5, 0.6) is 0 Å². The smallest absolute Gasteiger partial charge is 0.338 e. The van der Waals surface area contributed by atoms with Crippen molar-refractivity contribution in [3.8, 4) is 0 Å². The molecule has 18 heavy (non-hydrogen) atoms. The highest BCUT2D eigenvalue weighted by molar-refractivity contribution is 5.89. The van der Waals surface area contributed by atoms with E-state index >= 15 is 0 Å². The molecule has 0 amide bonds. The summed E-state index contributed by atoms with van der Waals surface area (Å²) in [4.78, 5) is 11.8. The van der Waals surface area contributed by atoms with Crippen LogP contribution in [0.1, 0.15) is 23.7 Å². The molecule has 1 aromatic carbocycles. The summed E-state index contributed by atoms with van der Waals surface area (Å²) < 4.78 is 10.2. The van der Waals surface area contributed by atoms with Crippen LogP contribution in [0.3, 0.4) is 0 Å². The van der Waals surface area contributed by atoms with Crippen molar-refractivity contribution in [3.05, 3.63) is 35.9 Å². The molecule has 1 aliphatic rings. The van der Waals surface area contributed by atoms with Crippen LogP contribution in [0.15, 0.2) is 30.3 Å². The number of ether oxygens (including phenoxy) is 2. The number of rotatable bonds is 2. The minimum atomic E-state index is -1.29. The van der Waals surface area contributed by atoms with Crippen LogP contribution in [-0.2, 0) is 9.47 Å². The molecule has 2 N–H and O–H groups in total. The number of carbonyl (C=O) groups excluding carboxylic acids is 1. The van der Waals surface area contributed by atoms with Gasteiger partial charge in [0.15, 0.2) is 12.4 Å². The maximum atomic E-state index is 11.8. The topological polar surface area (TPSA) is 76.0 Å². The Morgan fingerprint density at radius 3 is 2.61 bits per heavy atom. The van der Waals surface area contributed by atoms with Crippen LogP contribution in [0, 0.1) is 0 Å². The Labute approximate surface area is 105 Å². The molecule has 5 nitrogen and oxygen atoms in total. The molecule has 0 spiro atoms. The molecule has 1 heterocycles. The summed E-state index contributed by atoms with van der Waals surface area (Å²) in [5.74, 6) is -0.586. The molecule has 98 valence electrons. The number of hydrogen-bond acceptors (Lipinski definition) is 5. The van der Waals surface area contributed by atoms with Gasteiger partial charge in [0, 0.05) is 6.42 Å². The van der Waals surface area contributed by atoms with Gasteiger partial charge in [-0.1, -0.05) is 18.2 Å². The second-order valence-electron chi connectivity index (χ2n) is 4.38. The Morgan fingerprint density at radius 2 is 2.00 bits per heavy atom. The first-order valence-electron chi connectivity index (χ1n) is 5.85. The highest BCUT2D eigenvalue weighted by Crippen LogP contribution is 2.22. The first kappa shape index (κ1) is 13.0. The van der Waals surface area contributed by atoms with Gasteiger partial charge in [-0.05, 0) is 19.1 Å². The predicted molar refractivity (Wildman–Crippen MR) is 62.8 cm³/mol. The van der Waals surface area contributed by atoms with Crippen LogP contribution in [-0.4, -0.2) is 40.8 Å². The Morgan fingerprint density at radius 1 is 1.33 bits per heavy atom. The van der Waals surface area contributed by atoms with Crippen LogP contribution < -0.4 is 0 Å². The summed E-state index contributed by atoms with van der Waals surface area (Å²) in [5.41, 5.74) is 0.371. The Balaban J connectivity index is 2.03. The minimum Gasteiger partial charge on any atom is -0.451 e. The van der Waals surface area contributed by atoms with Gasteiger partial charge in [0.05, 0.1) is 17.8 Å². The zero-order chi connectivity index (χ0) is 13.1. The van der Waals surface area contributed by atoms with Crippen molar-refractivity contribution in [1.82, 2.24) is 0 Å². The second-order valence-corrected chi connectivity index (χ2v) is 4.38. The lowest BCUT2D eigenvalue weighted by molar-refractivity contribution is -0.242. The van der Waals surface area contributed by atoms with Gasteiger partial charge in [-0.25, -0.2) is 4.79 Å². The average Bonchev–Trinajstić information content (AvgIpc) is 2.34. The first-order chi connectivity index (χ1) is 8.58. The molecule has 0 aromatic heterocycles. The lowest BCUT2D eigenvalue weighted by Crippen LogP contribution is -2.49. The molecule has 0 radical (unpaired) electrons. The maximum Gasteiger partial charge on any atom is 0.338 e. The summed E-state index contributed by atoms with van der Waals surface area (Å²) in [6.07, 6.45) is -3.20. The summed E-state index contributed by atoms with van der Waals surface area (Å²) in [6.45, 7) is 1.74. The summed E-state index contributed by atoms with van der Waals surface area (Å²) >= 11 is 0. The third-order valence-corrected chi connectivity index (χ3v) is 2.86. The van der Waals surface area contributed by atoms with Gasteiger partial charge in [0.1, 0.15) is 0 Å². The van der Waals surface area contributed by atoms with E-state index in [4.69, 9.17) is 9.47 Å². The number of carbonyl (C=O) groups is 1. The van der Waals surface area contributed by atoms with Crippen molar-refractivity contribution < 1.29 is 24.5 Å². The number of esters is 1. The van der Waals surface area contributed by atoms with Crippen molar-refractivity contribution in [2.24, 2.45) is 0 Å². The Kier molecular flexibility index (Phi) is 3.96. The highest BCUT2D eigenvalue weighted by Gasteiger charge is 2.38. The van der Waals surface area contributed by atoms with Crippen LogP contribution in [0.2, 0.25) is 0 Å². The molecule has 4 atom stereocenters. The first-order valence-corrected chi connectivity index (χ1v) is 5.85. The summed E-state index contributed by atoms with van der Waals surface area (Å²) in [7, 11) is 0. The molecular formula is C13H16O5. The molecular weight excluding hydrogens is 236 g/mol. The highest BCUT2D eigenvalue weighted by atomic mass is 16.7. The van der Waals surface area contributed by atoms with E-state index in [0.29, 0.717) is 12.0 Å². The van der Waals surface area contributed by atoms with Crippen LogP contribution >= 0.6 is 0 Å². The monoisotopic (exact) mass is 252 g/mol. The van der Waals surface area contributed by atoms with Gasteiger partial charge < -0.3 is 19.7 Å². The minimum absolute atomic E-state index is 0.262. The van der Waals surface area contributed by atoms with Gasteiger partial charge >= 0.3 is 5.97 Å². The fourth-order valence-electron chi connectivity index (χ4n) is 1.94. The van der Waals surface area contributed by atoms with Crippen LogP contribution in [0.4, 0.5) is 0 Å². The van der Waals surface area contributed by atoms with E-state index in [0.717, 1.165) is 0 Å². The molecule has 1 fully saturated rings. The number of hydrogen-bond donors (Lipinski definition) is 2. The predicted octanol–water partition coefficient (Wildman–Crippen LogP) is 0.700. The molecule has 2 rings (SSSR count). The maximum absolute atomic E-state index is 11.8. The van der Waals surface area contributed by atoms with E-state index < -0.39 is 24.5 Å². The van der Waals surface area contributed by atoms with E-state index in [1.54, 1.807) is 37.3 Å². The average molecular weight is 252 g/mol. The standard InChI is InChI=1S/C13H16O5/c1-8-7-10(14)11(13(16)17-8)18-12(15)9-5-3-2-4-6-9/h2-6,8,10-11,13-14,16H,7H2,1H3/t8?,10-,11-,13+/m1/s1. The number of aliphatic hydroxyl groups is 2. The van der Waals surface area contributed by atoms with Crippen molar-refractivity contribution in [2.45, 2.75) is 37.9 Å². The molecule has 1 aromatic rings. The van der Waals surface area contributed by atoms with E-state index in [2.05, 4.69) is 0 Å². The van der Waals surface area contributed by atoms with Crippen molar-refractivity contribution in [2.75, 3.05) is 0 Å². The zero-order valence-corrected chi connectivity index (χ0v) is 10.0. The van der Waals surface area contributed by atoms with E-state index in [1.807, 2.05) is 0 Å². The Bertz CT molecular complexity index is 393. The molecule has 0 saturated carbocycles. The fourth-order valence-corrected chi connectivity index (χ4v) is 1.94. The van der Waals surface area contributed by atoms with E-state index in [1.165, 1.54) is 0 Å². The van der Waals surface area contributed by atoms with Crippen molar-refractivity contribution in [1.29, 1.82) is 0 Å². The fraction of sp³-hybridized carbons (Fsp3) is 0.462. The normalized spacial score (nSPS) is 31.9. The lowest BCUT2D eigenvalue weighted by Gasteiger charge is -2.35. The molecule has 0 aliphatic carbocycles. The number of aliphatic hydroxyl groups excluding tert-OH is 2. The Hall–Kier alpha value is -1.43. The quantitative estimate of drug-likeness (QED) is 0.758. The zero-order valence-electron chi connectivity index (χ0n) is 10.0. The molecule has 1 aliphatic heterocycles. The number of benzene rings is 1. The molecule has 1 unspecified atom stereocenters. The molecule has 5 heteroatoms. The third-order valence-electron chi connectivity index (χ3n) is 2.86. The van der Waals surface area contributed by atoms with Gasteiger partial charge in [0.2, 0.25) is 0 Å². The molecule has 1 saturated heterocycles. The summed E-state index contributed by atoms with van der Waals surface area (Å²) in [6, 6.07) is 8.42. The summed E-state index contributed by atoms with van der Waals surface area (Å²) in [5, 5.41) is 19.4. The van der Waals surface area contributed by atoms with Crippen LogP contribution in [0.25, 0.3) is 0 Å². The third kappa shape index (κ3) is 2.87. The van der Waals surface area contributed by atoms with E-state index in [-0.39, 0.29) is 6.10 Å². The van der Waals surface area contributed by atoms with Crippen molar-refractivity contribution >= 4 is 5.97 Å². The SMILES string of the molecule is CC1C[C@@H](O)[C@@H](OC(=O)c2ccccc2)[C@@H](O)O1. The largest absolute Gasteiger partial charge is 0.451 e. The lowest BCUT2D eigenvalue weighted by atomic mass is 10.0. The second kappa shape index (κ2) is 5.48. The van der Waals surface area contributed by atoms with Gasteiger partial charge in [-0.3, -0.25) is 0 Å². The van der Waals surface area contributed by atoms with Gasteiger partial charge in [-0.2, -0.15) is 0 Å². The van der Waals surface area contributed by atoms with Gasteiger partial charge in [-0.15, -0.1) is 0 Å². The van der Waals surface area contributed by atoms with Gasteiger partial charge in [0.25, 0.3) is 0 Å². The molecule has 0 bridgehead atoms.